The van der Waals surface area contributed by atoms with Crippen LogP contribution in [0.5, 0.6) is 0 Å². The van der Waals surface area contributed by atoms with Crippen molar-refractivity contribution in [2.45, 2.75) is 19.9 Å². The van der Waals surface area contributed by atoms with Crippen molar-refractivity contribution in [1.82, 2.24) is 9.88 Å². The van der Waals surface area contributed by atoms with E-state index in [1.54, 1.807) is 29.2 Å². The molecule has 0 atom stereocenters. The van der Waals surface area contributed by atoms with Crippen molar-refractivity contribution in [1.29, 1.82) is 0 Å². The van der Waals surface area contributed by atoms with Crippen LogP contribution in [0.15, 0.2) is 34.9 Å². The van der Waals surface area contributed by atoms with Gasteiger partial charge in [-0.25, -0.2) is 9.78 Å². The molecule has 8 heteroatoms. The summed E-state index contributed by atoms with van der Waals surface area (Å²) in [5.41, 5.74) is 0.451. The molecule has 7 nitrogen and oxygen atoms in total. The van der Waals surface area contributed by atoms with Crippen LogP contribution in [0.4, 0.5) is 0 Å². The highest BCUT2D eigenvalue weighted by Gasteiger charge is 2.21. The zero-order chi connectivity index (χ0) is 18.9. The van der Waals surface area contributed by atoms with Crippen molar-refractivity contribution in [3.8, 4) is 0 Å². The number of oxazole rings is 1. The molecule has 0 spiro atoms. The van der Waals surface area contributed by atoms with Crippen molar-refractivity contribution < 1.29 is 23.5 Å². The van der Waals surface area contributed by atoms with Gasteiger partial charge in [0.1, 0.15) is 6.26 Å². The first-order valence-electron chi connectivity index (χ1n) is 8.21. The number of hydrogen-bond donors (Lipinski definition) is 0. The molecule has 140 valence electrons. The fourth-order valence-electron chi connectivity index (χ4n) is 2.30. The van der Waals surface area contributed by atoms with E-state index in [9.17, 15) is 9.59 Å². The van der Waals surface area contributed by atoms with E-state index in [0.717, 1.165) is 0 Å². The van der Waals surface area contributed by atoms with E-state index in [1.807, 2.05) is 6.92 Å². The van der Waals surface area contributed by atoms with Crippen LogP contribution in [-0.2, 0) is 16.0 Å². The molecule has 0 aliphatic rings. The molecular weight excluding hydrogens is 360 g/mol. The monoisotopic (exact) mass is 380 g/mol. The van der Waals surface area contributed by atoms with E-state index in [2.05, 4.69) is 9.72 Å². The Labute approximate surface area is 156 Å². The molecule has 0 N–H and O–H groups in total. The van der Waals surface area contributed by atoms with Gasteiger partial charge in [-0.15, -0.1) is 0 Å². The Morgan fingerprint density at radius 1 is 1.31 bits per heavy atom. The summed E-state index contributed by atoms with van der Waals surface area (Å²) in [5.74, 6) is -0.604. The van der Waals surface area contributed by atoms with Gasteiger partial charge in [-0.1, -0.05) is 23.7 Å². The van der Waals surface area contributed by atoms with Crippen LogP contribution in [0.3, 0.4) is 0 Å². The molecule has 0 saturated heterocycles. The molecule has 1 aromatic heterocycles. The quantitative estimate of drug-likeness (QED) is 0.491. The molecule has 1 aromatic carbocycles. The molecule has 1 amide bonds. The lowest BCUT2D eigenvalue weighted by Gasteiger charge is -2.21. The van der Waals surface area contributed by atoms with Crippen LogP contribution in [0, 0.1) is 0 Å². The summed E-state index contributed by atoms with van der Waals surface area (Å²) in [6.45, 7) is 3.59. The Balaban J connectivity index is 2.15. The summed E-state index contributed by atoms with van der Waals surface area (Å²) in [7, 11) is 1.26. The number of ether oxygens (including phenoxy) is 2. The minimum atomic E-state index is -0.597. The van der Waals surface area contributed by atoms with Crippen LogP contribution >= 0.6 is 11.6 Å². The average molecular weight is 381 g/mol. The summed E-state index contributed by atoms with van der Waals surface area (Å²) in [5, 5.41) is 0.370. The predicted molar refractivity (Wildman–Crippen MR) is 95.1 cm³/mol. The third-order valence-corrected chi connectivity index (χ3v) is 3.91. The van der Waals surface area contributed by atoms with Crippen LogP contribution in [-0.4, -0.2) is 48.6 Å². The number of nitrogens with zero attached hydrogens (tertiary/aromatic N) is 2. The Morgan fingerprint density at radius 2 is 2.08 bits per heavy atom. The highest BCUT2D eigenvalue weighted by molar-refractivity contribution is 6.33. The molecule has 2 aromatic rings. The summed E-state index contributed by atoms with van der Waals surface area (Å²) in [4.78, 5) is 30.0. The third kappa shape index (κ3) is 5.31. The molecule has 0 aliphatic heterocycles. The van der Waals surface area contributed by atoms with Gasteiger partial charge in [-0.2, -0.15) is 0 Å². The van der Waals surface area contributed by atoms with E-state index in [0.29, 0.717) is 36.8 Å². The second kappa shape index (κ2) is 9.94. The van der Waals surface area contributed by atoms with E-state index in [4.69, 9.17) is 20.8 Å². The molecule has 2 rings (SSSR count). The molecule has 0 saturated carbocycles. The normalized spacial score (nSPS) is 10.6. The fraction of sp³-hybridized carbons (Fsp3) is 0.389. The molecule has 0 unspecified atom stereocenters. The van der Waals surface area contributed by atoms with Gasteiger partial charge in [0.25, 0.3) is 5.91 Å². The maximum Gasteiger partial charge on any atom is 0.360 e. The number of aromatic nitrogens is 1. The lowest BCUT2D eigenvalue weighted by atomic mass is 10.2. The maximum atomic E-state index is 12.9. The number of carbonyl (C=O) groups is 2. The molecule has 1 heterocycles. The topological polar surface area (TPSA) is 81.9 Å². The summed E-state index contributed by atoms with van der Waals surface area (Å²) in [6, 6.07) is 6.83. The SMILES string of the molecule is CCOCCCN(Cc1nc(C(=O)OC)co1)C(=O)c1ccccc1Cl. The van der Waals surface area contributed by atoms with Gasteiger partial charge in [-0.05, 0) is 25.5 Å². The number of benzene rings is 1. The highest BCUT2D eigenvalue weighted by atomic mass is 35.5. The van der Waals surface area contributed by atoms with Gasteiger partial charge in [-0.3, -0.25) is 4.79 Å². The van der Waals surface area contributed by atoms with Crippen molar-refractivity contribution in [3.05, 3.63) is 52.7 Å². The lowest BCUT2D eigenvalue weighted by molar-refractivity contribution is 0.0593. The van der Waals surface area contributed by atoms with Crippen LogP contribution in [0.2, 0.25) is 5.02 Å². The summed E-state index contributed by atoms with van der Waals surface area (Å²) >= 11 is 6.14. The molecule has 0 radical (unpaired) electrons. The molecule has 0 aliphatic carbocycles. The Bertz CT molecular complexity index is 747. The number of amides is 1. The number of methoxy groups -OCH3 is 1. The zero-order valence-corrected chi connectivity index (χ0v) is 15.5. The van der Waals surface area contributed by atoms with Crippen molar-refractivity contribution in [2.24, 2.45) is 0 Å². The second-order valence-corrected chi connectivity index (χ2v) is 5.78. The van der Waals surface area contributed by atoms with E-state index < -0.39 is 5.97 Å². The maximum absolute atomic E-state index is 12.9. The van der Waals surface area contributed by atoms with Crippen molar-refractivity contribution in [3.63, 3.8) is 0 Å². The first kappa shape index (κ1) is 19.9. The number of rotatable bonds is 9. The molecule has 26 heavy (non-hydrogen) atoms. The van der Waals surface area contributed by atoms with Crippen molar-refractivity contribution >= 4 is 23.5 Å². The first-order valence-corrected chi connectivity index (χ1v) is 8.58. The van der Waals surface area contributed by atoms with E-state index in [1.165, 1.54) is 13.4 Å². The Hall–Kier alpha value is -2.38. The second-order valence-electron chi connectivity index (χ2n) is 5.38. The van der Waals surface area contributed by atoms with Crippen LogP contribution in [0.1, 0.15) is 40.1 Å². The third-order valence-electron chi connectivity index (χ3n) is 3.58. The Morgan fingerprint density at radius 3 is 2.77 bits per heavy atom. The predicted octanol–water partition coefficient (Wildman–Crippen LogP) is 3.18. The van der Waals surface area contributed by atoms with Gasteiger partial charge >= 0.3 is 5.97 Å². The lowest BCUT2D eigenvalue weighted by Crippen LogP contribution is -2.32. The van der Waals surface area contributed by atoms with E-state index >= 15 is 0 Å². The molecule has 0 bridgehead atoms. The van der Waals surface area contributed by atoms with Gasteiger partial charge < -0.3 is 18.8 Å². The summed E-state index contributed by atoms with van der Waals surface area (Å²) < 4.78 is 15.2. The van der Waals surface area contributed by atoms with Gasteiger partial charge in [0, 0.05) is 19.8 Å². The number of esters is 1. The van der Waals surface area contributed by atoms with Crippen LogP contribution < -0.4 is 0 Å². The average Bonchev–Trinajstić information content (AvgIpc) is 3.12. The summed E-state index contributed by atoms with van der Waals surface area (Å²) in [6.07, 6.45) is 1.86. The Kier molecular flexibility index (Phi) is 7.62. The highest BCUT2D eigenvalue weighted by Crippen LogP contribution is 2.19. The smallest absolute Gasteiger partial charge is 0.360 e. The van der Waals surface area contributed by atoms with Crippen LogP contribution in [0.25, 0.3) is 0 Å². The van der Waals surface area contributed by atoms with Gasteiger partial charge in [0.2, 0.25) is 5.89 Å². The fourth-order valence-corrected chi connectivity index (χ4v) is 2.52. The molecule has 0 fully saturated rings. The standard InChI is InChI=1S/C18H21ClN2O5/c1-3-25-10-6-9-21(17(22)13-7-4-5-8-14(13)19)11-16-20-15(12-26-16)18(23)24-2/h4-5,7-8,12H,3,6,9-11H2,1-2H3. The zero-order valence-electron chi connectivity index (χ0n) is 14.7. The minimum Gasteiger partial charge on any atom is -0.464 e. The van der Waals surface area contributed by atoms with E-state index in [-0.39, 0.29) is 24.0 Å². The number of halogens is 1. The molecular formula is C18H21ClN2O5. The minimum absolute atomic E-state index is 0.0574. The number of carbonyl (C=O) groups excluding carboxylic acids is 2. The largest absolute Gasteiger partial charge is 0.464 e. The van der Waals surface area contributed by atoms with Gasteiger partial charge in [0.15, 0.2) is 5.69 Å². The van der Waals surface area contributed by atoms with Gasteiger partial charge in [0.05, 0.1) is 24.2 Å². The first-order chi connectivity index (χ1) is 12.6. The van der Waals surface area contributed by atoms with Crippen molar-refractivity contribution in [2.75, 3.05) is 26.9 Å². The number of hydrogen-bond acceptors (Lipinski definition) is 6.